The molecule has 0 fully saturated rings. The quantitative estimate of drug-likeness (QED) is 0.466. The fourth-order valence-corrected chi connectivity index (χ4v) is 1.65. The molecule has 0 saturated heterocycles. The van der Waals surface area contributed by atoms with E-state index in [0.717, 1.165) is 11.1 Å². The Morgan fingerprint density at radius 1 is 1.28 bits per heavy atom. The van der Waals surface area contributed by atoms with Crippen LogP contribution < -0.4 is 0 Å². The van der Waals surface area contributed by atoms with E-state index in [1.807, 2.05) is 32.1 Å². The Kier molecular flexibility index (Phi) is 4.84. The predicted molar refractivity (Wildman–Crippen MR) is 71.3 cm³/mol. The molecule has 0 spiro atoms. The Morgan fingerprint density at radius 2 is 1.94 bits per heavy atom. The summed E-state index contributed by atoms with van der Waals surface area (Å²) in [6.45, 7) is 5.54. The predicted octanol–water partition coefficient (Wildman–Crippen LogP) is 3.10. The molecule has 18 heavy (non-hydrogen) atoms. The lowest BCUT2D eigenvalue weighted by molar-refractivity contribution is -0.143. The minimum atomic E-state index is -0.767. The summed E-state index contributed by atoms with van der Waals surface area (Å²) in [6.07, 6.45) is 1.99. The van der Waals surface area contributed by atoms with Crippen LogP contribution in [-0.4, -0.2) is 18.9 Å². The number of carbonyl (C=O) groups is 2. The van der Waals surface area contributed by atoms with Gasteiger partial charge < -0.3 is 4.74 Å². The molecule has 1 aromatic carbocycles. The first-order valence-corrected chi connectivity index (χ1v) is 5.82. The normalized spacial score (nSPS) is 11.6. The number of methoxy groups -OCH3 is 1. The Balaban J connectivity index is 3.00. The second-order valence-corrected chi connectivity index (χ2v) is 4.46. The van der Waals surface area contributed by atoms with Crippen LogP contribution in [0.25, 0.3) is 6.08 Å². The number of hydrogen-bond donors (Lipinski definition) is 0. The van der Waals surface area contributed by atoms with Gasteiger partial charge in [0.1, 0.15) is 5.92 Å². The lowest BCUT2D eigenvalue weighted by Crippen LogP contribution is -2.22. The molecule has 1 rings (SSSR count). The number of benzene rings is 1. The van der Waals surface area contributed by atoms with E-state index in [2.05, 4.69) is 4.74 Å². The van der Waals surface area contributed by atoms with Gasteiger partial charge in [-0.05, 0) is 32.4 Å². The second kappa shape index (κ2) is 6.15. The van der Waals surface area contributed by atoms with E-state index >= 15 is 0 Å². The SMILES string of the molecule is COC(=O)C(C)C(=O)c1cccc(C=C(C)C)c1. The van der Waals surface area contributed by atoms with Gasteiger partial charge in [-0.3, -0.25) is 9.59 Å². The first-order chi connectivity index (χ1) is 8.45. The lowest BCUT2D eigenvalue weighted by Gasteiger charge is -2.08. The van der Waals surface area contributed by atoms with Crippen molar-refractivity contribution in [3.05, 3.63) is 41.0 Å². The van der Waals surface area contributed by atoms with Crippen molar-refractivity contribution in [2.45, 2.75) is 20.8 Å². The van der Waals surface area contributed by atoms with Crippen LogP contribution >= 0.6 is 0 Å². The zero-order valence-electron chi connectivity index (χ0n) is 11.2. The molecule has 0 amide bonds. The zero-order valence-corrected chi connectivity index (χ0v) is 11.2. The van der Waals surface area contributed by atoms with Crippen molar-refractivity contribution in [3.8, 4) is 0 Å². The van der Waals surface area contributed by atoms with E-state index in [4.69, 9.17) is 0 Å². The zero-order chi connectivity index (χ0) is 13.7. The highest BCUT2D eigenvalue weighted by Gasteiger charge is 2.23. The summed E-state index contributed by atoms with van der Waals surface area (Å²) in [5.74, 6) is -1.49. The highest BCUT2D eigenvalue weighted by Crippen LogP contribution is 2.14. The van der Waals surface area contributed by atoms with Crippen LogP contribution in [0.1, 0.15) is 36.7 Å². The molecule has 0 bridgehead atoms. The first-order valence-electron chi connectivity index (χ1n) is 5.82. The van der Waals surface area contributed by atoms with E-state index < -0.39 is 11.9 Å². The Labute approximate surface area is 107 Å². The highest BCUT2D eigenvalue weighted by molar-refractivity contribution is 6.08. The topological polar surface area (TPSA) is 43.4 Å². The molecular formula is C15H18O3. The molecule has 0 heterocycles. The monoisotopic (exact) mass is 246 g/mol. The van der Waals surface area contributed by atoms with Gasteiger partial charge in [-0.25, -0.2) is 0 Å². The van der Waals surface area contributed by atoms with Crippen molar-refractivity contribution in [1.29, 1.82) is 0 Å². The van der Waals surface area contributed by atoms with Gasteiger partial charge in [0.05, 0.1) is 7.11 Å². The number of carbonyl (C=O) groups excluding carboxylic acids is 2. The van der Waals surface area contributed by atoms with Gasteiger partial charge in [-0.15, -0.1) is 0 Å². The van der Waals surface area contributed by atoms with Crippen LogP contribution in [0.5, 0.6) is 0 Å². The largest absolute Gasteiger partial charge is 0.468 e. The second-order valence-electron chi connectivity index (χ2n) is 4.46. The molecule has 1 atom stereocenters. The Morgan fingerprint density at radius 3 is 2.50 bits per heavy atom. The molecule has 1 aromatic rings. The molecule has 0 aliphatic carbocycles. The summed E-state index contributed by atoms with van der Waals surface area (Å²) in [4.78, 5) is 23.4. The molecule has 0 aliphatic rings. The van der Waals surface area contributed by atoms with Gasteiger partial charge in [0.2, 0.25) is 0 Å². The standard InChI is InChI=1S/C15H18O3/c1-10(2)8-12-6-5-7-13(9-12)14(16)11(3)15(17)18-4/h5-9,11H,1-4H3. The third-order valence-corrected chi connectivity index (χ3v) is 2.57. The van der Waals surface area contributed by atoms with Crippen molar-refractivity contribution in [3.63, 3.8) is 0 Å². The number of esters is 1. The number of rotatable bonds is 4. The minimum absolute atomic E-state index is 0.217. The minimum Gasteiger partial charge on any atom is -0.468 e. The first kappa shape index (κ1) is 14.2. The molecular weight excluding hydrogens is 228 g/mol. The van der Waals surface area contributed by atoms with E-state index in [0.29, 0.717) is 5.56 Å². The molecule has 0 aromatic heterocycles. The third-order valence-electron chi connectivity index (χ3n) is 2.57. The van der Waals surface area contributed by atoms with Crippen molar-refractivity contribution in [1.82, 2.24) is 0 Å². The molecule has 0 aliphatic heterocycles. The van der Waals surface area contributed by atoms with Crippen LogP contribution in [-0.2, 0) is 9.53 Å². The molecule has 1 unspecified atom stereocenters. The number of allylic oxidation sites excluding steroid dienone is 1. The van der Waals surface area contributed by atoms with Crippen molar-refractivity contribution >= 4 is 17.8 Å². The van der Waals surface area contributed by atoms with E-state index in [-0.39, 0.29) is 5.78 Å². The maximum atomic E-state index is 12.1. The van der Waals surface area contributed by atoms with Crippen LogP contribution in [0.15, 0.2) is 29.8 Å². The van der Waals surface area contributed by atoms with E-state index in [1.165, 1.54) is 7.11 Å². The number of Topliss-reactive ketones (excluding diaryl/α,β-unsaturated/α-hetero) is 1. The fourth-order valence-electron chi connectivity index (χ4n) is 1.65. The summed E-state index contributed by atoms with van der Waals surface area (Å²) in [5, 5.41) is 0. The molecule has 0 N–H and O–H groups in total. The number of ketones is 1. The highest BCUT2D eigenvalue weighted by atomic mass is 16.5. The molecule has 3 heteroatoms. The van der Waals surface area contributed by atoms with E-state index in [1.54, 1.807) is 19.1 Å². The number of ether oxygens (including phenoxy) is 1. The third kappa shape index (κ3) is 3.55. The average molecular weight is 246 g/mol. The van der Waals surface area contributed by atoms with Crippen LogP contribution in [0.3, 0.4) is 0 Å². The average Bonchev–Trinajstić information content (AvgIpc) is 2.35. The molecule has 96 valence electrons. The van der Waals surface area contributed by atoms with Gasteiger partial charge in [0.15, 0.2) is 5.78 Å². The van der Waals surface area contributed by atoms with Gasteiger partial charge in [-0.1, -0.05) is 29.8 Å². The summed E-state index contributed by atoms with van der Waals surface area (Å²) in [7, 11) is 1.28. The Bertz CT molecular complexity index is 482. The Hall–Kier alpha value is -1.90. The van der Waals surface area contributed by atoms with Gasteiger partial charge in [0.25, 0.3) is 0 Å². The van der Waals surface area contributed by atoms with Crippen molar-refractivity contribution in [2.75, 3.05) is 7.11 Å². The molecule has 0 saturated carbocycles. The van der Waals surface area contributed by atoms with E-state index in [9.17, 15) is 9.59 Å². The van der Waals surface area contributed by atoms with Gasteiger partial charge >= 0.3 is 5.97 Å². The summed E-state index contributed by atoms with van der Waals surface area (Å²) in [6, 6.07) is 7.23. The fraction of sp³-hybridized carbons (Fsp3) is 0.333. The summed E-state index contributed by atoms with van der Waals surface area (Å²) in [5.41, 5.74) is 2.64. The smallest absolute Gasteiger partial charge is 0.316 e. The molecule has 3 nitrogen and oxygen atoms in total. The van der Waals surface area contributed by atoms with Gasteiger partial charge in [0, 0.05) is 5.56 Å². The van der Waals surface area contributed by atoms with Gasteiger partial charge in [-0.2, -0.15) is 0 Å². The number of hydrogen-bond acceptors (Lipinski definition) is 3. The summed E-state index contributed by atoms with van der Waals surface area (Å²) >= 11 is 0. The van der Waals surface area contributed by atoms with Crippen LogP contribution in [0.4, 0.5) is 0 Å². The van der Waals surface area contributed by atoms with Crippen LogP contribution in [0.2, 0.25) is 0 Å². The maximum Gasteiger partial charge on any atom is 0.316 e. The lowest BCUT2D eigenvalue weighted by atomic mass is 9.97. The van der Waals surface area contributed by atoms with Crippen LogP contribution in [0, 0.1) is 5.92 Å². The van der Waals surface area contributed by atoms with Crippen molar-refractivity contribution in [2.24, 2.45) is 5.92 Å². The maximum absolute atomic E-state index is 12.1. The molecule has 0 radical (unpaired) electrons. The van der Waals surface area contributed by atoms with Crippen molar-refractivity contribution < 1.29 is 14.3 Å². The summed E-state index contributed by atoms with van der Waals surface area (Å²) < 4.78 is 4.58.